The first-order chi connectivity index (χ1) is 6.74. The van der Waals surface area contributed by atoms with Gasteiger partial charge in [-0.15, -0.1) is 0 Å². The van der Waals surface area contributed by atoms with Crippen LogP contribution in [0.4, 0.5) is 0 Å². The van der Waals surface area contributed by atoms with E-state index in [1.165, 1.54) is 12.8 Å². The molecule has 0 aromatic carbocycles. The molecule has 3 heteroatoms. The van der Waals surface area contributed by atoms with Crippen LogP contribution in [0.2, 0.25) is 0 Å². The Labute approximate surface area is 87.1 Å². The fourth-order valence-electron chi connectivity index (χ4n) is 1.83. The third kappa shape index (κ3) is 3.95. The molecule has 0 saturated carbocycles. The van der Waals surface area contributed by atoms with E-state index in [0.717, 1.165) is 32.5 Å². The van der Waals surface area contributed by atoms with Crippen LogP contribution in [0, 0.1) is 0 Å². The Kier molecular flexibility index (Phi) is 5.45. The minimum absolute atomic E-state index is 0.0330. The highest BCUT2D eigenvalue weighted by Crippen LogP contribution is 2.13. The lowest BCUT2D eigenvalue weighted by atomic mass is 10.0. The second-order valence-electron chi connectivity index (χ2n) is 4.23. The van der Waals surface area contributed by atoms with Crippen LogP contribution in [-0.2, 0) is 4.74 Å². The molecule has 2 unspecified atom stereocenters. The lowest BCUT2D eigenvalue weighted by Crippen LogP contribution is -2.45. The van der Waals surface area contributed by atoms with E-state index in [2.05, 4.69) is 18.9 Å². The number of hydrogen-bond donors (Lipinski definition) is 1. The van der Waals surface area contributed by atoms with Gasteiger partial charge in [-0.25, -0.2) is 0 Å². The van der Waals surface area contributed by atoms with E-state index in [4.69, 9.17) is 4.74 Å². The Morgan fingerprint density at radius 1 is 1.50 bits per heavy atom. The highest BCUT2D eigenvalue weighted by molar-refractivity contribution is 4.75. The standard InChI is InChI=1S/C11H23NO2/c1-3-4-5-6-10(13)11-9-12(2)7-8-14-11/h10-11,13H,3-9H2,1-2H3. The molecule has 1 saturated heterocycles. The summed E-state index contributed by atoms with van der Waals surface area (Å²) in [4.78, 5) is 2.22. The zero-order valence-corrected chi connectivity index (χ0v) is 9.41. The van der Waals surface area contributed by atoms with E-state index < -0.39 is 0 Å². The third-order valence-corrected chi connectivity index (χ3v) is 2.83. The zero-order valence-electron chi connectivity index (χ0n) is 9.41. The molecular weight excluding hydrogens is 178 g/mol. The number of hydrogen-bond acceptors (Lipinski definition) is 3. The molecule has 1 aliphatic heterocycles. The number of rotatable bonds is 5. The normalized spacial score (nSPS) is 26.4. The molecule has 0 radical (unpaired) electrons. The van der Waals surface area contributed by atoms with E-state index in [9.17, 15) is 5.11 Å². The van der Waals surface area contributed by atoms with Crippen LogP contribution in [0.3, 0.4) is 0 Å². The maximum Gasteiger partial charge on any atom is 0.0960 e. The predicted octanol–water partition coefficient (Wildman–Crippen LogP) is 1.26. The van der Waals surface area contributed by atoms with Crippen LogP contribution in [-0.4, -0.2) is 49.0 Å². The molecule has 0 aromatic heterocycles. The lowest BCUT2D eigenvalue weighted by Gasteiger charge is -2.32. The molecule has 14 heavy (non-hydrogen) atoms. The fourth-order valence-corrected chi connectivity index (χ4v) is 1.83. The Balaban J connectivity index is 2.18. The molecule has 0 aromatic rings. The number of morpholine rings is 1. The highest BCUT2D eigenvalue weighted by Gasteiger charge is 2.24. The smallest absolute Gasteiger partial charge is 0.0960 e. The number of unbranched alkanes of at least 4 members (excludes halogenated alkanes) is 2. The number of aliphatic hydroxyl groups is 1. The highest BCUT2D eigenvalue weighted by atomic mass is 16.5. The molecule has 1 aliphatic rings. The molecule has 1 rings (SSSR count). The van der Waals surface area contributed by atoms with Crippen molar-refractivity contribution in [2.45, 2.75) is 44.8 Å². The van der Waals surface area contributed by atoms with Gasteiger partial charge in [-0.3, -0.25) is 0 Å². The molecule has 84 valence electrons. The fraction of sp³-hybridized carbons (Fsp3) is 1.00. The SMILES string of the molecule is CCCCCC(O)C1CN(C)CCO1. The number of ether oxygens (including phenoxy) is 1. The first-order valence-corrected chi connectivity index (χ1v) is 5.72. The van der Waals surface area contributed by atoms with Crippen molar-refractivity contribution in [3.05, 3.63) is 0 Å². The minimum Gasteiger partial charge on any atom is -0.390 e. The zero-order chi connectivity index (χ0) is 10.4. The van der Waals surface area contributed by atoms with Crippen LogP contribution in [0.15, 0.2) is 0 Å². The minimum atomic E-state index is -0.274. The van der Waals surface area contributed by atoms with Crippen LogP contribution in [0.25, 0.3) is 0 Å². The number of aliphatic hydroxyl groups excluding tert-OH is 1. The van der Waals surface area contributed by atoms with E-state index >= 15 is 0 Å². The van der Waals surface area contributed by atoms with E-state index in [1.807, 2.05) is 0 Å². The first-order valence-electron chi connectivity index (χ1n) is 5.72. The molecule has 0 amide bonds. The molecule has 1 heterocycles. The van der Waals surface area contributed by atoms with Crippen molar-refractivity contribution in [2.24, 2.45) is 0 Å². The van der Waals surface area contributed by atoms with Crippen molar-refractivity contribution in [3.63, 3.8) is 0 Å². The van der Waals surface area contributed by atoms with Crippen molar-refractivity contribution in [1.29, 1.82) is 0 Å². The van der Waals surface area contributed by atoms with Gasteiger partial charge in [0.1, 0.15) is 0 Å². The van der Waals surface area contributed by atoms with E-state index in [1.54, 1.807) is 0 Å². The van der Waals surface area contributed by atoms with Gasteiger partial charge < -0.3 is 14.7 Å². The van der Waals surface area contributed by atoms with Crippen LogP contribution in [0.5, 0.6) is 0 Å². The van der Waals surface area contributed by atoms with Gasteiger partial charge in [0, 0.05) is 13.1 Å². The molecular formula is C11H23NO2. The van der Waals surface area contributed by atoms with E-state index in [0.29, 0.717) is 0 Å². The predicted molar refractivity (Wildman–Crippen MR) is 57.4 cm³/mol. The van der Waals surface area contributed by atoms with Crippen molar-refractivity contribution >= 4 is 0 Å². The summed E-state index contributed by atoms with van der Waals surface area (Å²) in [5.74, 6) is 0. The van der Waals surface area contributed by atoms with Gasteiger partial charge in [0.2, 0.25) is 0 Å². The second-order valence-corrected chi connectivity index (χ2v) is 4.23. The lowest BCUT2D eigenvalue weighted by molar-refractivity contribution is -0.0853. The summed E-state index contributed by atoms with van der Waals surface area (Å²) in [6, 6.07) is 0. The Morgan fingerprint density at radius 3 is 2.93 bits per heavy atom. The van der Waals surface area contributed by atoms with Gasteiger partial charge >= 0.3 is 0 Å². The number of nitrogens with zero attached hydrogens (tertiary/aromatic N) is 1. The van der Waals surface area contributed by atoms with Gasteiger partial charge in [-0.1, -0.05) is 26.2 Å². The van der Waals surface area contributed by atoms with Crippen molar-refractivity contribution in [3.8, 4) is 0 Å². The molecule has 1 N–H and O–H groups in total. The summed E-state index contributed by atoms with van der Waals surface area (Å²) in [5, 5.41) is 9.87. The largest absolute Gasteiger partial charge is 0.390 e. The van der Waals surface area contributed by atoms with Gasteiger partial charge in [-0.2, -0.15) is 0 Å². The molecule has 1 fully saturated rings. The van der Waals surface area contributed by atoms with Crippen LogP contribution >= 0.6 is 0 Å². The van der Waals surface area contributed by atoms with Gasteiger partial charge in [0.05, 0.1) is 18.8 Å². The van der Waals surface area contributed by atoms with Crippen molar-refractivity contribution in [2.75, 3.05) is 26.7 Å². The quantitative estimate of drug-likeness (QED) is 0.680. The summed E-state index contributed by atoms with van der Waals surface area (Å²) in [5.41, 5.74) is 0. The van der Waals surface area contributed by atoms with Crippen LogP contribution < -0.4 is 0 Å². The van der Waals surface area contributed by atoms with Gasteiger partial charge in [0.25, 0.3) is 0 Å². The summed E-state index contributed by atoms with van der Waals surface area (Å²) in [6.45, 7) is 4.79. The molecule has 2 atom stereocenters. The summed E-state index contributed by atoms with van der Waals surface area (Å²) >= 11 is 0. The molecule has 3 nitrogen and oxygen atoms in total. The second kappa shape index (κ2) is 6.38. The van der Waals surface area contributed by atoms with Crippen molar-refractivity contribution < 1.29 is 9.84 Å². The Hall–Kier alpha value is -0.120. The van der Waals surface area contributed by atoms with Crippen molar-refractivity contribution in [1.82, 2.24) is 4.90 Å². The summed E-state index contributed by atoms with van der Waals surface area (Å²) < 4.78 is 5.55. The molecule has 0 bridgehead atoms. The van der Waals surface area contributed by atoms with Gasteiger partial charge in [-0.05, 0) is 13.5 Å². The average molecular weight is 201 g/mol. The molecule has 0 spiro atoms. The topological polar surface area (TPSA) is 32.7 Å². The maximum atomic E-state index is 9.87. The Bertz CT molecular complexity index is 152. The monoisotopic (exact) mass is 201 g/mol. The molecule has 0 aliphatic carbocycles. The Morgan fingerprint density at radius 2 is 2.29 bits per heavy atom. The maximum absolute atomic E-state index is 9.87. The first kappa shape index (κ1) is 12.0. The third-order valence-electron chi connectivity index (χ3n) is 2.83. The van der Waals surface area contributed by atoms with E-state index in [-0.39, 0.29) is 12.2 Å². The van der Waals surface area contributed by atoms with Gasteiger partial charge in [0.15, 0.2) is 0 Å². The van der Waals surface area contributed by atoms with Crippen LogP contribution in [0.1, 0.15) is 32.6 Å². The summed E-state index contributed by atoms with van der Waals surface area (Å²) in [6.07, 6.45) is 4.17. The number of likely N-dealkylation sites (N-methyl/N-ethyl adjacent to an activating group) is 1. The average Bonchev–Trinajstić information content (AvgIpc) is 2.18. The summed E-state index contributed by atoms with van der Waals surface area (Å²) in [7, 11) is 2.08.